The Balaban J connectivity index is 1.85. The van der Waals surface area contributed by atoms with Gasteiger partial charge in [0.1, 0.15) is 0 Å². The summed E-state index contributed by atoms with van der Waals surface area (Å²) < 4.78 is 0. The van der Waals surface area contributed by atoms with Crippen molar-refractivity contribution in [2.75, 3.05) is 19.6 Å². The Morgan fingerprint density at radius 1 is 0.889 bits per heavy atom. The minimum atomic E-state index is 1.03. The normalized spacial score (nSPS) is 15.2. The molecule has 0 aromatic carbocycles. The zero-order chi connectivity index (χ0) is 13.1. The van der Waals surface area contributed by atoms with Gasteiger partial charge in [-0.3, -0.25) is 4.99 Å². The average Bonchev–Trinajstić information content (AvgIpc) is 2.84. The van der Waals surface area contributed by atoms with E-state index in [-0.39, 0.29) is 0 Å². The molecule has 0 spiro atoms. The van der Waals surface area contributed by atoms with E-state index in [0.717, 1.165) is 13.0 Å². The Hall–Kier alpha value is -0.530. The fourth-order valence-electron chi connectivity index (χ4n) is 2.72. The number of nitrogens with zero attached hydrogens (tertiary/aromatic N) is 2. The Morgan fingerprint density at radius 3 is 2.11 bits per heavy atom. The molecule has 0 aromatic rings. The van der Waals surface area contributed by atoms with Crippen molar-refractivity contribution < 1.29 is 0 Å². The van der Waals surface area contributed by atoms with Crippen molar-refractivity contribution in [3.63, 3.8) is 0 Å². The van der Waals surface area contributed by atoms with Crippen LogP contribution in [-0.4, -0.2) is 30.4 Å². The van der Waals surface area contributed by atoms with Gasteiger partial charge >= 0.3 is 0 Å². The maximum absolute atomic E-state index is 4.54. The van der Waals surface area contributed by atoms with Crippen LogP contribution in [-0.2, 0) is 0 Å². The third kappa shape index (κ3) is 6.42. The molecule has 0 bridgehead atoms. The van der Waals surface area contributed by atoms with Gasteiger partial charge in [-0.2, -0.15) is 0 Å². The maximum atomic E-state index is 4.54. The lowest BCUT2D eigenvalue weighted by molar-refractivity contribution is 0.425. The van der Waals surface area contributed by atoms with Crippen LogP contribution in [0.5, 0.6) is 0 Å². The standard InChI is InChI=1S/C16H32N2/c1-3-5-6-7-8-9-10-11-12-14-18-15-13-17-16(18)4-2/h3-15H2,1-2H3. The highest BCUT2D eigenvalue weighted by Crippen LogP contribution is 2.11. The summed E-state index contributed by atoms with van der Waals surface area (Å²) in [6.07, 6.45) is 13.9. The van der Waals surface area contributed by atoms with Gasteiger partial charge in [0.2, 0.25) is 0 Å². The van der Waals surface area contributed by atoms with Crippen LogP contribution >= 0.6 is 0 Å². The third-order valence-corrected chi connectivity index (χ3v) is 3.88. The van der Waals surface area contributed by atoms with Crippen molar-refractivity contribution in [2.24, 2.45) is 4.99 Å². The van der Waals surface area contributed by atoms with Crippen molar-refractivity contribution in [2.45, 2.75) is 78.1 Å². The number of unbranched alkanes of at least 4 members (excludes halogenated alkanes) is 8. The van der Waals surface area contributed by atoms with Crippen LogP contribution in [0.4, 0.5) is 0 Å². The van der Waals surface area contributed by atoms with E-state index in [9.17, 15) is 0 Å². The maximum Gasteiger partial charge on any atom is 0.0987 e. The molecule has 18 heavy (non-hydrogen) atoms. The minimum absolute atomic E-state index is 1.03. The van der Waals surface area contributed by atoms with E-state index in [1.807, 2.05) is 0 Å². The summed E-state index contributed by atoms with van der Waals surface area (Å²) in [5, 5.41) is 0. The minimum Gasteiger partial charge on any atom is -0.359 e. The highest BCUT2D eigenvalue weighted by Gasteiger charge is 2.13. The largest absolute Gasteiger partial charge is 0.359 e. The van der Waals surface area contributed by atoms with Gasteiger partial charge in [0.25, 0.3) is 0 Å². The fourth-order valence-corrected chi connectivity index (χ4v) is 2.72. The molecular weight excluding hydrogens is 220 g/mol. The van der Waals surface area contributed by atoms with Crippen LogP contribution in [0.2, 0.25) is 0 Å². The SMILES string of the molecule is CCCCCCCCCCCN1CCN=C1CC. The van der Waals surface area contributed by atoms with Crippen LogP contribution in [0, 0.1) is 0 Å². The molecule has 0 unspecified atom stereocenters. The zero-order valence-electron chi connectivity index (χ0n) is 12.6. The first-order valence-electron chi connectivity index (χ1n) is 8.16. The molecule has 2 heteroatoms. The Bertz CT molecular complexity index is 223. The lowest BCUT2D eigenvalue weighted by atomic mass is 10.1. The van der Waals surface area contributed by atoms with E-state index in [1.54, 1.807) is 0 Å². The summed E-state index contributed by atoms with van der Waals surface area (Å²) in [5.74, 6) is 1.34. The Morgan fingerprint density at radius 2 is 1.50 bits per heavy atom. The summed E-state index contributed by atoms with van der Waals surface area (Å²) in [7, 11) is 0. The molecule has 0 aliphatic carbocycles. The summed E-state index contributed by atoms with van der Waals surface area (Å²) >= 11 is 0. The quantitative estimate of drug-likeness (QED) is 0.489. The van der Waals surface area contributed by atoms with Crippen molar-refractivity contribution in [3.05, 3.63) is 0 Å². The number of hydrogen-bond acceptors (Lipinski definition) is 2. The highest BCUT2D eigenvalue weighted by atomic mass is 15.2. The van der Waals surface area contributed by atoms with Gasteiger partial charge in [-0.25, -0.2) is 0 Å². The van der Waals surface area contributed by atoms with Crippen molar-refractivity contribution in [3.8, 4) is 0 Å². The number of aliphatic imine (C=N–C) groups is 1. The summed E-state index contributed by atoms with van der Waals surface area (Å²) in [4.78, 5) is 7.02. The van der Waals surface area contributed by atoms with Crippen LogP contribution < -0.4 is 0 Å². The van der Waals surface area contributed by atoms with E-state index in [2.05, 4.69) is 23.7 Å². The van der Waals surface area contributed by atoms with Gasteiger partial charge in [0, 0.05) is 19.5 Å². The van der Waals surface area contributed by atoms with Crippen LogP contribution in [0.3, 0.4) is 0 Å². The molecule has 1 rings (SSSR count). The summed E-state index contributed by atoms with van der Waals surface area (Å²) in [6, 6.07) is 0. The second-order valence-corrected chi connectivity index (χ2v) is 5.47. The van der Waals surface area contributed by atoms with Crippen LogP contribution in [0.25, 0.3) is 0 Å². The van der Waals surface area contributed by atoms with E-state index in [0.29, 0.717) is 0 Å². The molecule has 0 amide bonds. The highest BCUT2D eigenvalue weighted by molar-refractivity contribution is 5.83. The number of rotatable bonds is 11. The second kappa shape index (κ2) is 10.4. The predicted octanol–water partition coefficient (Wildman–Crippen LogP) is 4.64. The monoisotopic (exact) mass is 252 g/mol. The fraction of sp³-hybridized carbons (Fsp3) is 0.938. The first kappa shape index (κ1) is 15.5. The topological polar surface area (TPSA) is 15.6 Å². The van der Waals surface area contributed by atoms with Crippen LogP contribution in [0.15, 0.2) is 4.99 Å². The van der Waals surface area contributed by atoms with Crippen molar-refractivity contribution >= 4 is 5.84 Å². The second-order valence-electron chi connectivity index (χ2n) is 5.47. The summed E-state index contributed by atoms with van der Waals surface area (Å²) in [6.45, 7) is 7.93. The molecule has 0 saturated heterocycles. The van der Waals surface area contributed by atoms with E-state index in [1.165, 1.54) is 76.7 Å². The van der Waals surface area contributed by atoms with Gasteiger partial charge in [-0.05, 0) is 6.42 Å². The molecule has 2 nitrogen and oxygen atoms in total. The molecule has 106 valence electrons. The van der Waals surface area contributed by atoms with Gasteiger partial charge in [-0.15, -0.1) is 0 Å². The molecule has 1 heterocycles. The first-order valence-corrected chi connectivity index (χ1v) is 8.16. The summed E-state index contributed by atoms with van der Waals surface area (Å²) in [5.41, 5.74) is 0. The molecule has 0 fully saturated rings. The van der Waals surface area contributed by atoms with E-state index < -0.39 is 0 Å². The first-order chi connectivity index (χ1) is 8.88. The smallest absolute Gasteiger partial charge is 0.0987 e. The van der Waals surface area contributed by atoms with Gasteiger partial charge in [0.15, 0.2) is 0 Å². The van der Waals surface area contributed by atoms with Gasteiger partial charge in [0.05, 0.1) is 12.4 Å². The molecular formula is C16H32N2. The molecule has 0 atom stereocenters. The lowest BCUT2D eigenvalue weighted by Crippen LogP contribution is -2.28. The molecule has 1 aliphatic rings. The molecule has 0 saturated carbocycles. The van der Waals surface area contributed by atoms with Gasteiger partial charge in [-0.1, -0.05) is 65.2 Å². The number of amidine groups is 1. The lowest BCUT2D eigenvalue weighted by Gasteiger charge is -2.19. The Kier molecular flexibility index (Phi) is 8.97. The molecule has 1 aliphatic heterocycles. The van der Waals surface area contributed by atoms with Crippen molar-refractivity contribution in [1.29, 1.82) is 0 Å². The zero-order valence-corrected chi connectivity index (χ0v) is 12.6. The van der Waals surface area contributed by atoms with Crippen molar-refractivity contribution in [1.82, 2.24) is 4.90 Å². The van der Waals surface area contributed by atoms with E-state index in [4.69, 9.17) is 0 Å². The number of hydrogen-bond donors (Lipinski definition) is 0. The van der Waals surface area contributed by atoms with Gasteiger partial charge < -0.3 is 4.90 Å². The molecule has 0 radical (unpaired) electrons. The molecule has 0 N–H and O–H groups in total. The van der Waals surface area contributed by atoms with E-state index >= 15 is 0 Å². The Labute approximate surface area is 114 Å². The predicted molar refractivity (Wildman–Crippen MR) is 81.4 cm³/mol. The third-order valence-electron chi connectivity index (χ3n) is 3.88. The van der Waals surface area contributed by atoms with Crippen LogP contribution in [0.1, 0.15) is 78.1 Å². The average molecular weight is 252 g/mol. The molecule has 0 aromatic heterocycles.